The first-order chi connectivity index (χ1) is 11.2. The van der Waals surface area contributed by atoms with Gasteiger partial charge >= 0.3 is 0 Å². The van der Waals surface area contributed by atoms with Crippen LogP contribution in [0.4, 0.5) is 0 Å². The summed E-state index contributed by atoms with van der Waals surface area (Å²) in [6, 6.07) is 8.63. The number of hydrogen-bond acceptors (Lipinski definition) is 5. The fraction of sp³-hybridized carbons (Fsp3) is 0.188. The minimum absolute atomic E-state index is 0.189. The Balaban J connectivity index is 1.52. The summed E-state index contributed by atoms with van der Waals surface area (Å²) in [5.41, 5.74) is 4.06. The first-order valence-electron chi connectivity index (χ1n) is 7.02. The molecule has 0 atom stereocenters. The van der Waals surface area contributed by atoms with Gasteiger partial charge < -0.3 is 10.1 Å². The van der Waals surface area contributed by atoms with Crippen LogP contribution in [0.5, 0.6) is 5.75 Å². The predicted octanol–water partition coefficient (Wildman–Crippen LogP) is 2.15. The SMILES string of the molecule is Cn1cc(-c2c[c]cc(OCCNC(=O)c3cscn3)c2)cn1. The molecular weight excluding hydrogens is 312 g/mol. The van der Waals surface area contributed by atoms with Crippen LogP contribution >= 0.6 is 11.3 Å². The van der Waals surface area contributed by atoms with Crippen LogP contribution in [0.15, 0.2) is 41.5 Å². The molecule has 117 valence electrons. The maximum atomic E-state index is 11.7. The number of carbonyl (C=O) groups is 1. The third kappa shape index (κ3) is 3.95. The monoisotopic (exact) mass is 327 g/mol. The van der Waals surface area contributed by atoms with Gasteiger partial charge in [0.1, 0.15) is 18.1 Å². The zero-order valence-corrected chi connectivity index (χ0v) is 13.3. The van der Waals surface area contributed by atoms with Crippen molar-refractivity contribution in [3.63, 3.8) is 0 Å². The Kier molecular flexibility index (Phi) is 4.68. The van der Waals surface area contributed by atoms with Crippen molar-refractivity contribution in [1.82, 2.24) is 20.1 Å². The van der Waals surface area contributed by atoms with E-state index in [-0.39, 0.29) is 5.91 Å². The molecule has 0 spiro atoms. The molecule has 6 nitrogen and oxygen atoms in total. The predicted molar refractivity (Wildman–Crippen MR) is 87.4 cm³/mol. The van der Waals surface area contributed by atoms with E-state index in [1.165, 1.54) is 11.3 Å². The van der Waals surface area contributed by atoms with Crippen LogP contribution < -0.4 is 10.1 Å². The maximum Gasteiger partial charge on any atom is 0.270 e. The van der Waals surface area contributed by atoms with Crippen molar-refractivity contribution in [2.45, 2.75) is 0 Å². The molecule has 0 bridgehead atoms. The molecule has 0 unspecified atom stereocenters. The van der Waals surface area contributed by atoms with Gasteiger partial charge in [-0.3, -0.25) is 9.48 Å². The van der Waals surface area contributed by atoms with Gasteiger partial charge in [0.25, 0.3) is 5.91 Å². The van der Waals surface area contributed by atoms with Crippen molar-refractivity contribution in [2.75, 3.05) is 13.2 Å². The molecule has 1 aromatic carbocycles. The smallest absolute Gasteiger partial charge is 0.270 e. The highest BCUT2D eigenvalue weighted by Gasteiger charge is 2.06. The summed E-state index contributed by atoms with van der Waals surface area (Å²) >= 11 is 1.39. The minimum Gasteiger partial charge on any atom is -0.492 e. The first kappa shape index (κ1) is 15.2. The third-order valence-electron chi connectivity index (χ3n) is 3.12. The second-order valence-electron chi connectivity index (χ2n) is 4.84. The molecule has 0 aliphatic rings. The number of nitrogens with one attached hydrogen (secondary N) is 1. The number of amides is 1. The number of hydrogen-bond donors (Lipinski definition) is 1. The van der Waals surface area contributed by atoms with Crippen LogP contribution in [-0.2, 0) is 7.05 Å². The van der Waals surface area contributed by atoms with Crippen LogP contribution in [0.2, 0.25) is 0 Å². The number of nitrogens with zero attached hydrogens (tertiary/aromatic N) is 3. The van der Waals surface area contributed by atoms with Crippen molar-refractivity contribution in [3.8, 4) is 16.9 Å². The van der Waals surface area contributed by atoms with Gasteiger partial charge in [-0.1, -0.05) is 0 Å². The quantitative estimate of drug-likeness (QED) is 0.704. The molecule has 1 N–H and O–H groups in total. The molecule has 7 heteroatoms. The van der Waals surface area contributed by atoms with Crippen molar-refractivity contribution in [2.24, 2.45) is 7.05 Å². The van der Waals surface area contributed by atoms with Crippen LogP contribution in [0, 0.1) is 6.07 Å². The van der Waals surface area contributed by atoms with Crippen molar-refractivity contribution >= 4 is 17.2 Å². The molecule has 2 heterocycles. The zero-order chi connectivity index (χ0) is 16.1. The van der Waals surface area contributed by atoms with E-state index in [0.29, 0.717) is 24.6 Å². The van der Waals surface area contributed by atoms with E-state index < -0.39 is 0 Å². The molecule has 23 heavy (non-hydrogen) atoms. The topological polar surface area (TPSA) is 69.0 Å². The Morgan fingerprint density at radius 3 is 3.09 bits per heavy atom. The highest BCUT2D eigenvalue weighted by atomic mass is 32.1. The number of carbonyl (C=O) groups excluding carboxylic acids is 1. The average molecular weight is 327 g/mol. The summed E-state index contributed by atoms with van der Waals surface area (Å²) in [6.45, 7) is 0.785. The van der Waals surface area contributed by atoms with Gasteiger partial charge in [0, 0.05) is 24.2 Å². The van der Waals surface area contributed by atoms with E-state index in [1.54, 1.807) is 27.8 Å². The average Bonchev–Trinajstić information content (AvgIpc) is 3.23. The summed E-state index contributed by atoms with van der Waals surface area (Å²) in [5, 5.41) is 8.62. The Hall–Kier alpha value is -2.67. The summed E-state index contributed by atoms with van der Waals surface area (Å²) in [4.78, 5) is 15.7. The van der Waals surface area contributed by atoms with Gasteiger partial charge in [-0.2, -0.15) is 5.10 Å². The fourth-order valence-electron chi connectivity index (χ4n) is 2.02. The van der Waals surface area contributed by atoms with E-state index >= 15 is 0 Å². The molecule has 3 aromatic rings. The second-order valence-corrected chi connectivity index (χ2v) is 5.56. The molecule has 0 aliphatic heterocycles. The molecule has 1 amide bonds. The maximum absolute atomic E-state index is 11.7. The van der Waals surface area contributed by atoms with Crippen molar-refractivity contribution < 1.29 is 9.53 Å². The standard InChI is InChI=1S/C16H15N4O2S/c1-20-9-13(8-19-20)12-3-2-4-14(7-12)22-6-5-17-16(21)15-10-23-11-18-15/h3-4,7-11H,5-6H2,1H3,(H,17,21). The van der Waals surface area contributed by atoms with E-state index in [0.717, 1.165) is 11.1 Å². The Labute approximate surface area is 137 Å². The van der Waals surface area contributed by atoms with E-state index in [9.17, 15) is 4.79 Å². The summed E-state index contributed by atoms with van der Waals surface area (Å²) in [6.07, 6.45) is 3.72. The highest BCUT2D eigenvalue weighted by Crippen LogP contribution is 2.22. The molecule has 3 rings (SSSR count). The number of thiazole rings is 1. The lowest BCUT2D eigenvalue weighted by Crippen LogP contribution is -2.28. The lowest BCUT2D eigenvalue weighted by atomic mass is 10.1. The van der Waals surface area contributed by atoms with E-state index in [1.807, 2.05) is 25.4 Å². The van der Waals surface area contributed by atoms with Crippen molar-refractivity contribution in [1.29, 1.82) is 0 Å². The van der Waals surface area contributed by atoms with Crippen LogP contribution in [0.25, 0.3) is 11.1 Å². The Morgan fingerprint density at radius 1 is 1.43 bits per heavy atom. The molecule has 0 fully saturated rings. The minimum atomic E-state index is -0.189. The van der Waals surface area contributed by atoms with Crippen LogP contribution in [-0.4, -0.2) is 33.8 Å². The number of aromatic nitrogens is 3. The number of ether oxygens (including phenoxy) is 1. The molecule has 0 aliphatic carbocycles. The number of rotatable bonds is 6. The highest BCUT2D eigenvalue weighted by molar-refractivity contribution is 7.07. The molecule has 0 saturated heterocycles. The molecular formula is C16H15N4O2S. The molecule has 2 aromatic heterocycles. The lowest BCUT2D eigenvalue weighted by molar-refractivity contribution is 0.0942. The molecule has 0 saturated carbocycles. The van der Waals surface area contributed by atoms with Gasteiger partial charge in [0.05, 0.1) is 18.3 Å². The first-order valence-corrected chi connectivity index (χ1v) is 7.96. The Morgan fingerprint density at radius 2 is 2.35 bits per heavy atom. The van der Waals surface area contributed by atoms with Crippen molar-refractivity contribution in [3.05, 3.63) is 53.2 Å². The van der Waals surface area contributed by atoms with Gasteiger partial charge in [-0.05, 0) is 29.8 Å². The third-order valence-corrected chi connectivity index (χ3v) is 3.71. The zero-order valence-electron chi connectivity index (χ0n) is 12.5. The Bertz CT molecular complexity index is 783. The van der Waals surface area contributed by atoms with Gasteiger partial charge in [0.15, 0.2) is 0 Å². The van der Waals surface area contributed by atoms with Gasteiger partial charge in [0.2, 0.25) is 0 Å². The number of benzene rings is 1. The summed E-state index contributed by atoms with van der Waals surface area (Å²) in [5.74, 6) is 0.514. The van der Waals surface area contributed by atoms with Gasteiger partial charge in [-0.25, -0.2) is 4.98 Å². The fourth-order valence-corrected chi connectivity index (χ4v) is 2.55. The molecule has 1 radical (unpaired) electrons. The second kappa shape index (κ2) is 7.06. The summed E-state index contributed by atoms with van der Waals surface area (Å²) in [7, 11) is 1.87. The summed E-state index contributed by atoms with van der Waals surface area (Å²) < 4.78 is 7.40. The lowest BCUT2D eigenvalue weighted by Gasteiger charge is -2.08. The van der Waals surface area contributed by atoms with E-state index in [2.05, 4.69) is 21.5 Å². The van der Waals surface area contributed by atoms with Crippen LogP contribution in [0.1, 0.15) is 10.5 Å². The van der Waals surface area contributed by atoms with Crippen LogP contribution in [0.3, 0.4) is 0 Å². The van der Waals surface area contributed by atoms with E-state index in [4.69, 9.17) is 4.74 Å². The number of aryl methyl sites for hydroxylation is 1. The normalized spacial score (nSPS) is 10.5. The largest absolute Gasteiger partial charge is 0.492 e. The van der Waals surface area contributed by atoms with Gasteiger partial charge in [-0.15, -0.1) is 11.3 Å².